The fourth-order valence-electron chi connectivity index (χ4n) is 2.54. The number of rotatable bonds is 5. The number of hydrogen-bond acceptors (Lipinski definition) is 4. The maximum atomic E-state index is 12.2. The molecular weight excluding hydrogens is 258 g/mol. The van der Waals surface area contributed by atoms with Gasteiger partial charge in [0.05, 0.1) is 17.4 Å². The molecule has 2 rings (SSSR count). The van der Waals surface area contributed by atoms with Crippen LogP contribution in [0.5, 0.6) is 0 Å². The van der Waals surface area contributed by atoms with E-state index in [0.29, 0.717) is 12.1 Å². The Labute approximate surface area is 118 Å². The van der Waals surface area contributed by atoms with E-state index in [9.17, 15) is 9.59 Å². The van der Waals surface area contributed by atoms with Gasteiger partial charge in [-0.1, -0.05) is 12.8 Å². The highest BCUT2D eigenvalue weighted by Gasteiger charge is 2.35. The summed E-state index contributed by atoms with van der Waals surface area (Å²) in [4.78, 5) is 24.0. The number of hydrogen-bond donors (Lipinski definition) is 3. The second kappa shape index (κ2) is 6.09. The molecule has 0 aromatic carbocycles. The summed E-state index contributed by atoms with van der Waals surface area (Å²) < 4.78 is 4.84. The first-order valence-electron chi connectivity index (χ1n) is 6.91. The van der Waals surface area contributed by atoms with Crippen molar-refractivity contribution in [3.63, 3.8) is 0 Å². The predicted octanol–water partition coefficient (Wildman–Crippen LogP) is 0.786. The van der Waals surface area contributed by atoms with Crippen LogP contribution in [0.1, 0.15) is 43.0 Å². The van der Waals surface area contributed by atoms with E-state index >= 15 is 0 Å². The van der Waals surface area contributed by atoms with E-state index in [0.717, 1.165) is 25.7 Å². The first-order valence-corrected chi connectivity index (χ1v) is 6.91. The van der Waals surface area contributed by atoms with Crippen LogP contribution < -0.4 is 16.4 Å². The van der Waals surface area contributed by atoms with Crippen LogP contribution in [-0.2, 0) is 4.79 Å². The first kappa shape index (κ1) is 14.6. The number of carbonyl (C=O) groups excluding carboxylic acids is 2. The van der Waals surface area contributed by atoms with Gasteiger partial charge in [-0.15, -0.1) is 0 Å². The van der Waals surface area contributed by atoms with Crippen LogP contribution in [0.25, 0.3) is 0 Å². The second-order valence-corrected chi connectivity index (χ2v) is 5.39. The van der Waals surface area contributed by atoms with Crippen LogP contribution >= 0.6 is 0 Å². The van der Waals surface area contributed by atoms with Crippen LogP contribution in [0.3, 0.4) is 0 Å². The molecular formula is C14H21N3O3. The second-order valence-electron chi connectivity index (χ2n) is 5.39. The van der Waals surface area contributed by atoms with Crippen molar-refractivity contribution in [3.05, 3.63) is 24.2 Å². The van der Waals surface area contributed by atoms with Crippen LogP contribution in [0.2, 0.25) is 0 Å². The van der Waals surface area contributed by atoms with Crippen molar-refractivity contribution in [1.29, 1.82) is 0 Å². The van der Waals surface area contributed by atoms with E-state index in [1.54, 1.807) is 13.0 Å². The molecule has 1 aliphatic rings. The maximum Gasteiger partial charge on any atom is 0.255 e. The third kappa shape index (κ3) is 3.19. The molecule has 0 aliphatic heterocycles. The normalized spacial score (nSPS) is 18.5. The largest absolute Gasteiger partial charge is 0.472 e. The summed E-state index contributed by atoms with van der Waals surface area (Å²) >= 11 is 0. The highest BCUT2D eigenvalue weighted by atomic mass is 16.3. The van der Waals surface area contributed by atoms with Crippen molar-refractivity contribution < 1.29 is 14.0 Å². The SMILES string of the molecule is CC(NC(=O)c1ccoc1)C(=O)NC1(CN)CCCC1. The molecule has 1 saturated carbocycles. The van der Waals surface area contributed by atoms with Crippen molar-refractivity contribution in [2.75, 3.05) is 6.54 Å². The van der Waals surface area contributed by atoms with Gasteiger partial charge in [0.1, 0.15) is 12.3 Å². The minimum absolute atomic E-state index is 0.200. The summed E-state index contributed by atoms with van der Waals surface area (Å²) in [5.41, 5.74) is 5.88. The Bertz CT molecular complexity index is 464. The van der Waals surface area contributed by atoms with E-state index in [-0.39, 0.29) is 17.4 Å². The topological polar surface area (TPSA) is 97.4 Å². The molecule has 110 valence electrons. The van der Waals surface area contributed by atoms with E-state index in [4.69, 9.17) is 10.2 Å². The van der Waals surface area contributed by atoms with E-state index in [1.807, 2.05) is 0 Å². The fourth-order valence-corrected chi connectivity index (χ4v) is 2.54. The Balaban J connectivity index is 1.90. The van der Waals surface area contributed by atoms with Crippen LogP contribution in [0.4, 0.5) is 0 Å². The highest BCUT2D eigenvalue weighted by Crippen LogP contribution is 2.28. The lowest BCUT2D eigenvalue weighted by atomic mass is 9.97. The van der Waals surface area contributed by atoms with Gasteiger partial charge in [-0.2, -0.15) is 0 Å². The third-order valence-corrected chi connectivity index (χ3v) is 3.86. The number of furan rings is 1. The minimum Gasteiger partial charge on any atom is -0.472 e. The van der Waals surface area contributed by atoms with Crippen molar-refractivity contribution in [1.82, 2.24) is 10.6 Å². The summed E-state index contributed by atoms with van der Waals surface area (Å²) in [6.45, 7) is 2.09. The Morgan fingerprint density at radius 3 is 2.70 bits per heavy atom. The molecule has 1 fully saturated rings. The highest BCUT2D eigenvalue weighted by molar-refractivity contribution is 5.97. The Morgan fingerprint density at radius 2 is 2.15 bits per heavy atom. The molecule has 0 spiro atoms. The van der Waals surface area contributed by atoms with E-state index in [2.05, 4.69) is 10.6 Å². The lowest BCUT2D eigenvalue weighted by Crippen LogP contribution is -2.56. The molecule has 1 aromatic rings. The van der Waals surface area contributed by atoms with E-state index in [1.165, 1.54) is 12.5 Å². The fraction of sp³-hybridized carbons (Fsp3) is 0.571. The zero-order valence-electron chi connectivity index (χ0n) is 11.6. The van der Waals surface area contributed by atoms with Crippen molar-refractivity contribution >= 4 is 11.8 Å². The third-order valence-electron chi connectivity index (χ3n) is 3.86. The van der Waals surface area contributed by atoms with Gasteiger partial charge in [-0.05, 0) is 25.8 Å². The number of amides is 2. The standard InChI is InChI=1S/C14H21N3O3/c1-10(16-13(19)11-4-7-20-8-11)12(18)17-14(9-15)5-2-3-6-14/h4,7-8,10H,2-3,5-6,9,15H2,1H3,(H,16,19)(H,17,18). The van der Waals surface area contributed by atoms with Crippen molar-refractivity contribution in [2.45, 2.75) is 44.2 Å². The van der Waals surface area contributed by atoms with Gasteiger partial charge in [0.25, 0.3) is 5.91 Å². The summed E-state index contributed by atoms with van der Waals surface area (Å²) in [5.74, 6) is -0.524. The molecule has 1 unspecified atom stereocenters. The monoisotopic (exact) mass is 279 g/mol. The zero-order chi connectivity index (χ0) is 14.6. The average Bonchev–Trinajstić information content (AvgIpc) is 3.10. The number of nitrogens with two attached hydrogens (primary N) is 1. The molecule has 6 heteroatoms. The quantitative estimate of drug-likeness (QED) is 0.742. The molecule has 4 N–H and O–H groups in total. The van der Waals surface area contributed by atoms with Gasteiger partial charge in [0.2, 0.25) is 5.91 Å². The summed E-state index contributed by atoms with van der Waals surface area (Å²) in [7, 11) is 0. The Morgan fingerprint density at radius 1 is 1.45 bits per heavy atom. The van der Waals surface area contributed by atoms with Crippen LogP contribution in [0, 0.1) is 0 Å². The van der Waals surface area contributed by atoms with Gasteiger partial charge in [0.15, 0.2) is 0 Å². The molecule has 0 saturated heterocycles. The summed E-state index contributed by atoms with van der Waals surface area (Å²) in [5, 5.41) is 5.64. The molecule has 1 aromatic heterocycles. The molecule has 1 heterocycles. The van der Waals surface area contributed by atoms with Crippen LogP contribution in [0.15, 0.2) is 23.0 Å². The molecule has 1 atom stereocenters. The van der Waals surface area contributed by atoms with Gasteiger partial charge >= 0.3 is 0 Å². The number of nitrogens with one attached hydrogen (secondary N) is 2. The average molecular weight is 279 g/mol. The van der Waals surface area contributed by atoms with Crippen molar-refractivity contribution in [3.8, 4) is 0 Å². The lowest BCUT2D eigenvalue weighted by molar-refractivity contribution is -0.124. The van der Waals surface area contributed by atoms with Crippen molar-refractivity contribution in [2.24, 2.45) is 5.73 Å². The van der Waals surface area contributed by atoms with Crippen LogP contribution in [-0.4, -0.2) is 29.9 Å². The zero-order valence-corrected chi connectivity index (χ0v) is 11.6. The molecule has 1 aliphatic carbocycles. The molecule has 0 radical (unpaired) electrons. The minimum atomic E-state index is -0.610. The molecule has 0 bridgehead atoms. The summed E-state index contributed by atoms with van der Waals surface area (Å²) in [6, 6.07) is 0.944. The number of carbonyl (C=O) groups is 2. The maximum absolute atomic E-state index is 12.2. The van der Waals surface area contributed by atoms with Gasteiger partial charge in [-0.25, -0.2) is 0 Å². The van der Waals surface area contributed by atoms with Gasteiger partial charge in [-0.3, -0.25) is 9.59 Å². The Kier molecular flexibility index (Phi) is 4.44. The smallest absolute Gasteiger partial charge is 0.255 e. The van der Waals surface area contributed by atoms with Gasteiger partial charge in [0, 0.05) is 6.54 Å². The molecule has 2 amide bonds. The lowest BCUT2D eigenvalue weighted by Gasteiger charge is -2.30. The first-order chi connectivity index (χ1) is 9.56. The van der Waals surface area contributed by atoms with E-state index < -0.39 is 6.04 Å². The summed E-state index contributed by atoms with van der Waals surface area (Å²) in [6.07, 6.45) is 6.72. The molecule has 6 nitrogen and oxygen atoms in total. The Hall–Kier alpha value is -1.82. The van der Waals surface area contributed by atoms with Gasteiger partial charge < -0.3 is 20.8 Å². The predicted molar refractivity (Wildman–Crippen MR) is 74.0 cm³/mol. The molecule has 20 heavy (non-hydrogen) atoms.